The molecule has 2 aliphatic heterocycles. The number of carboxylic acids is 1. The van der Waals surface area contributed by atoms with E-state index in [1.54, 1.807) is 20.8 Å². The summed E-state index contributed by atoms with van der Waals surface area (Å²) in [7, 11) is -4.26. The molecule has 0 saturated carbocycles. The number of amides is 3. The number of rotatable bonds is 8. The fourth-order valence-corrected chi connectivity index (χ4v) is 6.54. The number of carboxylic acid groups (broad SMARTS) is 1. The van der Waals surface area contributed by atoms with E-state index in [0.717, 1.165) is 24.0 Å². The molecular weight excluding hydrogens is 592 g/mol. The number of carbonyl (C=O) groups is 5. The molecule has 2 fully saturated rings. The SMILES string of the molecule is CC(C)(C)OC(=O)NC(COC(=O)c1ccc(O)c(O)c1Cl)C(=O)N/N=C/[C@@]1(C)[C@H](C(=O)O)N2C(=O)C[C@H]2S1(=O)=O. The fourth-order valence-electron chi connectivity index (χ4n) is 4.09. The molecule has 224 valence electrons. The second-order valence-corrected chi connectivity index (χ2v) is 13.1. The number of hydrogen-bond donors (Lipinski definition) is 5. The maximum absolute atomic E-state index is 13.0. The smallest absolute Gasteiger partial charge is 0.408 e. The molecule has 16 nitrogen and oxygen atoms in total. The summed E-state index contributed by atoms with van der Waals surface area (Å²) in [5.74, 6) is -5.95. The zero-order valence-corrected chi connectivity index (χ0v) is 23.6. The molecule has 18 heteroatoms. The van der Waals surface area contributed by atoms with Crippen LogP contribution < -0.4 is 10.7 Å². The number of halogens is 1. The molecule has 4 atom stereocenters. The van der Waals surface area contributed by atoms with Crippen LogP contribution in [0.5, 0.6) is 11.5 Å². The molecule has 1 aromatic carbocycles. The quantitative estimate of drug-likeness (QED) is 0.0857. The average Bonchev–Trinajstić information content (AvgIpc) is 2.98. The molecule has 1 unspecified atom stereocenters. The third-order valence-electron chi connectivity index (χ3n) is 6.17. The van der Waals surface area contributed by atoms with Crippen molar-refractivity contribution in [2.24, 2.45) is 5.10 Å². The normalized spacial score (nSPS) is 23.7. The third kappa shape index (κ3) is 6.00. The van der Waals surface area contributed by atoms with Gasteiger partial charge in [0.1, 0.15) is 33.4 Å². The lowest BCUT2D eigenvalue weighted by Crippen LogP contribution is -2.57. The van der Waals surface area contributed by atoms with Crippen LogP contribution in [0.3, 0.4) is 0 Å². The van der Waals surface area contributed by atoms with E-state index in [2.05, 4.69) is 10.4 Å². The number of β-lactam (4-membered cyclic amide) rings is 1. The maximum Gasteiger partial charge on any atom is 0.408 e. The summed E-state index contributed by atoms with van der Waals surface area (Å²) >= 11 is 5.85. The number of aliphatic carboxylic acids is 1. The van der Waals surface area contributed by atoms with E-state index in [1.807, 2.05) is 5.43 Å². The Hall–Kier alpha value is -4.12. The molecule has 3 rings (SSSR count). The number of hydrogen-bond acceptors (Lipinski definition) is 12. The standard InChI is InChI=1S/C23H27ClN4O12S/c1-22(2,3)40-21(36)26-11(8-39-20(35)10-5-6-12(29)16(31)15(10)24)18(32)27-25-9-23(4)17(19(33)34)28-13(30)7-14(28)41(23,37)38/h5-6,9,11,14,17,29,31H,7-8H2,1-4H3,(H,26,36)(H,27,32)(H,33,34)/b25-9+/t11?,14-,17+,23+/m1/s1. The summed E-state index contributed by atoms with van der Waals surface area (Å²) in [6, 6.07) is -1.48. The first-order chi connectivity index (χ1) is 18.8. The third-order valence-corrected chi connectivity index (χ3v) is 9.22. The number of hydrazone groups is 1. The van der Waals surface area contributed by atoms with Crippen LogP contribution in [0, 0.1) is 0 Å². The van der Waals surface area contributed by atoms with E-state index in [4.69, 9.17) is 21.1 Å². The van der Waals surface area contributed by atoms with E-state index in [-0.39, 0.29) is 5.56 Å². The average molecular weight is 619 g/mol. The van der Waals surface area contributed by atoms with Crippen LogP contribution >= 0.6 is 11.6 Å². The first-order valence-electron chi connectivity index (χ1n) is 11.8. The van der Waals surface area contributed by atoms with Crippen molar-refractivity contribution in [1.29, 1.82) is 0 Å². The molecule has 2 heterocycles. The molecule has 1 aromatic rings. The largest absolute Gasteiger partial charge is 0.504 e. The van der Waals surface area contributed by atoms with Crippen molar-refractivity contribution in [2.75, 3.05) is 6.61 Å². The highest BCUT2D eigenvalue weighted by Crippen LogP contribution is 2.45. The number of alkyl carbamates (subject to hydrolysis) is 1. The van der Waals surface area contributed by atoms with E-state index < -0.39 is 97.0 Å². The van der Waals surface area contributed by atoms with Crippen molar-refractivity contribution in [3.8, 4) is 11.5 Å². The highest BCUT2D eigenvalue weighted by Gasteiger charge is 2.69. The molecule has 0 radical (unpaired) electrons. The van der Waals surface area contributed by atoms with Gasteiger partial charge in [0, 0.05) is 6.21 Å². The molecule has 2 saturated heterocycles. The van der Waals surface area contributed by atoms with Gasteiger partial charge in [-0.3, -0.25) is 9.59 Å². The Morgan fingerprint density at radius 2 is 1.90 bits per heavy atom. The molecule has 0 aromatic heterocycles. The first-order valence-corrected chi connectivity index (χ1v) is 13.7. The van der Waals surface area contributed by atoms with Crippen molar-refractivity contribution in [2.45, 2.75) is 61.9 Å². The number of nitrogens with zero attached hydrogens (tertiary/aromatic N) is 2. The van der Waals surface area contributed by atoms with Gasteiger partial charge in [0.05, 0.1) is 12.0 Å². The number of fused-ring (bicyclic) bond motifs is 1. The number of nitrogens with one attached hydrogen (secondary N) is 2. The van der Waals surface area contributed by atoms with E-state index >= 15 is 0 Å². The second-order valence-electron chi connectivity index (χ2n) is 10.3. The number of sulfone groups is 1. The van der Waals surface area contributed by atoms with Crippen molar-refractivity contribution >= 4 is 57.5 Å². The van der Waals surface area contributed by atoms with Crippen LogP contribution in [-0.2, 0) is 33.7 Å². The van der Waals surface area contributed by atoms with Gasteiger partial charge in [-0.15, -0.1) is 0 Å². The summed E-state index contributed by atoms with van der Waals surface area (Å²) in [6.07, 6.45) is -0.824. The van der Waals surface area contributed by atoms with E-state index in [9.17, 15) is 47.7 Å². The lowest BCUT2D eigenvalue weighted by atomic mass is 9.97. The van der Waals surface area contributed by atoms with Crippen molar-refractivity contribution < 1.29 is 57.2 Å². The van der Waals surface area contributed by atoms with Crippen molar-refractivity contribution in [3.63, 3.8) is 0 Å². The predicted octanol–water partition coefficient (Wildman–Crippen LogP) is 0.102. The van der Waals surface area contributed by atoms with E-state index in [1.165, 1.54) is 0 Å². The molecule has 5 N–H and O–H groups in total. The Morgan fingerprint density at radius 3 is 2.46 bits per heavy atom. The number of aromatic hydroxyl groups is 2. The van der Waals surface area contributed by atoms with Crippen LogP contribution in [0.4, 0.5) is 4.79 Å². The van der Waals surface area contributed by atoms with Gasteiger partial charge < -0.3 is 35.0 Å². The minimum atomic E-state index is -4.26. The fraction of sp³-hybridized carbons (Fsp3) is 0.478. The predicted molar refractivity (Wildman–Crippen MR) is 139 cm³/mol. The number of carbonyl (C=O) groups excluding carboxylic acids is 4. The van der Waals surface area contributed by atoms with Gasteiger partial charge in [-0.25, -0.2) is 28.2 Å². The number of benzene rings is 1. The number of phenolic OH excluding ortho intramolecular Hbond substituents is 2. The second kappa shape index (κ2) is 11.0. The Labute approximate surface area is 238 Å². The Kier molecular flexibility index (Phi) is 8.46. The Balaban J connectivity index is 1.80. The summed E-state index contributed by atoms with van der Waals surface area (Å²) in [5.41, 5.74) is 0.596. The Morgan fingerprint density at radius 1 is 1.27 bits per heavy atom. The molecule has 0 spiro atoms. The number of phenols is 2. The van der Waals surface area contributed by atoms with Crippen molar-refractivity contribution in [1.82, 2.24) is 15.6 Å². The summed E-state index contributed by atoms with van der Waals surface area (Å²) in [6.45, 7) is 4.83. The number of esters is 1. The maximum atomic E-state index is 13.0. The van der Waals surface area contributed by atoms with Gasteiger partial charge in [0.25, 0.3) is 5.91 Å². The van der Waals surface area contributed by atoms with Crippen LogP contribution in [0.1, 0.15) is 44.5 Å². The highest BCUT2D eigenvalue weighted by atomic mass is 35.5. The summed E-state index contributed by atoms with van der Waals surface area (Å²) in [5, 5.41) is 32.7. The molecule has 2 aliphatic rings. The lowest BCUT2D eigenvalue weighted by molar-refractivity contribution is -0.156. The minimum Gasteiger partial charge on any atom is -0.504 e. The topological polar surface area (TPSA) is 238 Å². The van der Waals surface area contributed by atoms with Crippen LogP contribution in [0.25, 0.3) is 0 Å². The monoisotopic (exact) mass is 618 g/mol. The molecule has 3 amide bonds. The van der Waals surface area contributed by atoms with Crippen LogP contribution in [-0.4, -0.2) is 99.1 Å². The van der Waals surface area contributed by atoms with Gasteiger partial charge >= 0.3 is 18.0 Å². The summed E-state index contributed by atoms with van der Waals surface area (Å²) in [4.78, 5) is 62.2. The molecule has 0 aliphatic carbocycles. The summed E-state index contributed by atoms with van der Waals surface area (Å²) < 4.78 is 33.9. The first kappa shape index (κ1) is 31.4. The van der Waals surface area contributed by atoms with Gasteiger partial charge in [-0.1, -0.05) is 11.6 Å². The minimum absolute atomic E-state index is 0.380. The zero-order valence-electron chi connectivity index (χ0n) is 22.1. The van der Waals surface area contributed by atoms with E-state index in [0.29, 0.717) is 6.21 Å². The van der Waals surface area contributed by atoms with Gasteiger partial charge in [0.15, 0.2) is 27.4 Å². The van der Waals surface area contributed by atoms with Gasteiger partial charge in [-0.2, -0.15) is 5.10 Å². The van der Waals surface area contributed by atoms with Gasteiger partial charge in [0.2, 0.25) is 5.91 Å². The Bertz CT molecular complexity index is 1440. The lowest BCUT2D eigenvalue weighted by Gasteiger charge is -2.35. The molecule has 0 bridgehead atoms. The van der Waals surface area contributed by atoms with Crippen LogP contribution in [0.15, 0.2) is 17.2 Å². The van der Waals surface area contributed by atoms with Gasteiger partial charge in [-0.05, 0) is 39.8 Å². The van der Waals surface area contributed by atoms with Crippen molar-refractivity contribution in [3.05, 3.63) is 22.7 Å². The number of ether oxygens (including phenoxy) is 2. The molecule has 41 heavy (non-hydrogen) atoms. The zero-order chi connectivity index (χ0) is 31.1. The highest BCUT2D eigenvalue weighted by molar-refractivity contribution is 7.94. The molecular formula is C23H27ClN4O12S. The van der Waals surface area contributed by atoms with Crippen LogP contribution in [0.2, 0.25) is 5.02 Å².